The van der Waals surface area contributed by atoms with E-state index in [0.29, 0.717) is 6.04 Å². The molecule has 1 fully saturated rings. The zero-order chi connectivity index (χ0) is 13.8. The second kappa shape index (κ2) is 7.46. The van der Waals surface area contributed by atoms with Crippen molar-refractivity contribution in [1.82, 2.24) is 9.97 Å². The summed E-state index contributed by atoms with van der Waals surface area (Å²) in [4.78, 5) is 18.6. The molecule has 2 aromatic rings. The molecule has 1 aromatic carbocycles. The second-order valence-electron chi connectivity index (χ2n) is 5.62. The van der Waals surface area contributed by atoms with Gasteiger partial charge in [0.25, 0.3) is 0 Å². The number of nitrogens with one attached hydrogen (secondary N) is 2. The van der Waals surface area contributed by atoms with Gasteiger partial charge < -0.3 is 10.3 Å². The fourth-order valence-electron chi connectivity index (χ4n) is 3.01. The van der Waals surface area contributed by atoms with E-state index in [2.05, 4.69) is 15.3 Å². The number of rotatable bonds is 2. The van der Waals surface area contributed by atoms with Gasteiger partial charge in [-0.1, -0.05) is 44.2 Å². The molecule has 0 spiro atoms. The van der Waals surface area contributed by atoms with Gasteiger partial charge in [0.1, 0.15) is 5.82 Å². The molecule has 0 bridgehead atoms. The molecule has 114 valence electrons. The first-order valence-corrected chi connectivity index (χ1v) is 7.58. The van der Waals surface area contributed by atoms with Crippen molar-refractivity contribution in [2.75, 3.05) is 5.32 Å². The normalized spacial score (nSPS) is 16.8. The lowest BCUT2D eigenvalue weighted by atomic mass is 9.96. The van der Waals surface area contributed by atoms with Gasteiger partial charge in [-0.25, -0.2) is 4.79 Å². The number of anilines is 1. The van der Waals surface area contributed by atoms with E-state index in [1.165, 1.54) is 44.9 Å². The minimum atomic E-state index is -0.281. The van der Waals surface area contributed by atoms with Crippen LogP contribution in [0.5, 0.6) is 0 Å². The lowest BCUT2D eigenvalue weighted by molar-refractivity contribution is 0.471. The van der Waals surface area contributed by atoms with Gasteiger partial charge in [-0.2, -0.15) is 4.98 Å². The second-order valence-corrected chi connectivity index (χ2v) is 5.62. The number of aromatic nitrogens is 2. The molecule has 0 saturated heterocycles. The first kappa shape index (κ1) is 15.8. The zero-order valence-corrected chi connectivity index (χ0v) is 12.9. The molecule has 0 aliphatic heterocycles. The summed E-state index contributed by atoms with van der Waals surface area (Å²) in [6.45, 7) is 0. The number of hydrogen-bond donors (Lipinski definition) is 2. The van der Waals surface area contributed by atoms with Crippen LogP contribution in [0.25, 0.3) is 10.9 Å². The maximum Gasteiger partial charge on any atom is 0.347 e. The minimum absolute atomic E-state index is 0. The van der Waals surface area contributed by atoms with Crippen LogP contribution in [0.2, 0.25) is 0 Å². The third kappa shape index (κ3) is 3.97. The summed E-state index contributed by atoms with van der Waals surface area (Å²) in [6.07, 6.45) is 8.87. The maximum absolute atomic E-state index is 11.7. The van der Waals surface area contributed by atoms with Crippen molar-refractivity contribution < 1.29 is 0 Å². The quantitative estimate of drug-likeness (QED) is 0.885. The molecule has 1 aliphatic carbocycles. The largest absolute Gasteiger partial charge is 0.367 e. The Morgan fingerprint density at radius 1 is 1.05 bits per heavy atom. The lowest BCUT2D eigenvalue weighted by Crippen LogP contribution is -2.23. The summed E-state index contributed by atoms with van der Waals surface area (Å²) in [5, 5.41) is 4.50. The zero-order valence-electron chi connectivity index (χ0n) is 12.1. The number of aromatic amines is 1. The highest BCUT2D eigenvalue weighted by molar-refractivity contribution is 5.88. The van der Waals surface area contributed by atoms with E-state index < -0.39 is 0 Å². The molecule has 1 aromatic heterocycles. The van der Waals surface area contributed by atoms with E-state index in [1.807, 2.05) is 24.3 Å². The highest BCUT2D eigenvalue weighted by atomic mass is 35.5. The number of benzene rings is 1. The third-order valence-corrected chi connectivity index (χ3v) is 4.08. The Kier molecular flexibility index (Phi) is 5.62. The molecule has 1 saturated carbocycles. The number of nitrogens with zero attached hydrogens (tertiary/aromatic N) is 1. The van der Waals surface area contributed by atoms with Gasteiger partial charge in [-0.15, -0.1) is 12.4 Å². The van der Waals surface area contributed by atoms with Crippen LogP contribution in [-0.4, -0.2) is 16.0 Å². The lowest BCUT2D eigenvalue weighted by Gasteiger charge is -2.22. The number of para-hydroxylation sites is 1. The standard InChI is InChI=1S/C16H21N3O.ClH/c20-16-18-14-11-7-6-10-13(14)15(19-16)17-12-8-4-2-1-3-5-9-12;/h6-7,10-12H,1-5,8-9H2,(H2,17,18,19,20);1H. The summed E-state index contributed by atoms with van der Waals surface area (Å²) in [6, 6.07) is 8.27. The molecule has 3 rings (SSSR count). The fourth-order valence-corrected chi connectivity index (χ4v) is 3.01. The van der Waals surface area contributed by atoms with Crippen LogP contribution in [0.4, 0.5) is 5.82 Å². The van der Waals surface area contributed by atoms with Crippen molar-refractivity contribution in [1.29, 1.82) is 0 Å². The highest BCUT2D eigenvalue weighted by Crippen LogP contribution is 2.23. The summed E-state index contributed by atoms with van der Waals surface area (Å²) in [5.74, 6) is 0.731. The molecular formula is C16H22ClN3O. The molecule has 0 radical (unpaired) electrons. The van der Waals surface area contributed by atoms with Gasteiger partial charge in [0, 0.05) is 11.4 Å². The van der Waals surface area contributed by atoms with Gasteiger partial charge in [0.15, 0.2) is 0 Å². The predicted octanol–water partition coefficient (Wildman–Crippen LogP) is 3.87. The van der Waals surface area contributed by atoms with Crippen LogP contribution in [0.3, 0.4) is 0 Å². The molecular weight excluding hydrogens is 286 g/mol. The molecule has 1 aliphatic rings. The Morgan fingerprint density at radius 2 is 1.71 bits per heavy atom. The fraction of sp³-hybridized carbons (Fsp3) is 0.500. The van der Waals surface area contributed by atoms with Gasteiger partial charge >= 0.3 is 5.69 Å². The Morgan fingerprint density at radius 3 is 2.48 bits per heavy atom. The van der Waals surface area contributed by atoms with E-state index in [9.17, 15) is 4.79 Å². The molecule has 0 atom stereocenters. The van der Waals surface area contributed by atoms with Crippen molar-refractivity contribution in [2.24, 2.45) is 0 Å². The van der Waals surface area contributed by atoms with Crippen LogP contribution < -0.4 is 11.0 Å². The van der Waals surface area contributed by atoms with Crippen molar-refractivity contribution in [3.8, 4) is 0 Å². The Balaban J connectivity index is 0.00000161. The minimum Gasteiger partial charge on any atom is -0.367 e. The average molecular weight is 308 g/mol. The smallest absolute Gasteiger partial charge is 0.347 e. The SMILES string of the molecule is Cl.O=c1nc(NC2CCCCCCC2)c2ccccc2[nH]1. The van der Waals surface area contributed by atoms with Crippen LogP contribution >= 0.6 is 12.4 Å². The van der Waals surface area contributed by atoms with Crippen LogP contribution in [0, 0.1) is 0 Å². The number of fused-ring (bicyclic) bond motifs is 1. The van der Waals surface area contributed by atoms with E-state index in [1.54, 1.807) is 0 Å². The summed E-state index contributed by atoms with van der Waals surface area (Å²) in [5.41, 5.74) is 0.567. The van der Waals surface area contributed by atoms with Crippen molar-refractivity contribution in [3.05, 3.63) is 34.7 Å². The van der Waals surface area contributed by atoms with Gasteiger partial charge in [-0.3, -0.25) is 0 Å². The molecule has 0 unspecified atom stereocenters. The molecule has 1 heterocycles. The average Bonchev–Trinajstić information content (AvgIpc) is 2.41. The third-order valence-electron chi connectivity index (χ3n) is 4.08. The summed E-state index contributed by atoms with van der Waals surface area (Å²) in [7, 11) is 0. The molecule has 5 heteroatoms. The van der Waals surface area contributed by atoms with Crippen molar-refractivity contribution in [3.63, 3.8) is 0 Å². The van der Waals surface area contributed by atoms with Crippen molar-refractivity contribution in [2.45, 2.75) is 51.0 Å². The Hall–Kier alpha value is -1.55. The van der Waals surface area contributed by atoms with Gasteiger partial charge in [0.05, 0.1) is 5.52 Å². The van der Waals surface area contributed by atoms with E-state index in [0.717, 1.165) is 16.7 Å². The predicted molar refractivity (Wildman–Crippen MR) is 89.3 cm³/mol. The van der Waals surface area contributed by atoms with E-state index in [-0.39, 0.29) is 18.1 Å². The van der Waals surface area contributed by atoms with Gasteiger partial charge in [-0.05, 0) is 25.0 Å². The van der Waals surface area contributed by atoms with Crippen LogP contribution in [-0.2, 0) is 0 Å². The molecule has 4 nitrogen and oxygen atoms in total. The molecule has 2 N–H and O–H groups in total. The Labute approximate surface area is 130 Å². The summed E-state index contributed by atoms with van der Waals surface area (Å²) < 4.78 is 0. The van der Waals surface area contributed by atoms with Gasteiger partial charge in [0.2, 0.25) is 0 Å². The molecule has 21 heavy (non-hydrogen) atoms. The van der Waals surface area contributed by atoms with Crippen LogP contribution in [0.15, 0.2) is 29.1 Å². The van der Waals surface area contributed by atoms with E-state index in [4.69, 9.17) is 0 Å². The Bertz CT molecular complexity index is 633. The highest BCUT2D eigenvalue weighted by Gasteiger charge is 2.13. The first-order chi connectivity index (χ1) is 9.83. The summed E-state index contributed by atoms with van der Waals surface area (Å²) >= 11 is 0. The number of H-pyrrole nitrogens is 1. The topological polar surface area (TPSA) is 57.8 Å². The van der Waals surface area contributed by atoms with Crippen LogP contribution in [0.1, 0.15) is 44.9 Å². The first-order valence-electron chi connectivity index (χ1n) is 7.58. The van der Waals surface area contributed by atoms with E-state index >= 15 is 0 Å². The maximum atomic E-state index is 11.7. The number of hydrogen-bond acceptors (Lipinski definition) is 3. The number of halogens is 1. The molecule has 0 amide bonds. The monoisotopic (exact) mass is 307 g/mol. The van der Waals surface area contributed by atoms with Crippen molar-refractivity contribution >= 4 is 29.1 Å².